The zero-order valence-electron chi connectivity index (χ0n) is 12.1. The number of rotatable bonds is 5. The van der Waals surface area contributed by atoms with Crippen molar-refractivity contribution in [2.24, 2.45) is 5.92 Å². The molecule has 0 spiro atoms. The number of anilines is 1. The number of nitrogens with two attached hydrogens (primary N) is 1. The second-order valence-electron chi connectivity index (χ2n) is 6.19. The Morgan fingerprint density at radius 3 is 2.63 bits per heavy atom. The second-order valence-corrected chi connectivity index (χ2v) is 6.19. The summed E-state index contributed by atoms with van der Waals surface area (Å²) in [5.41, 5.74) is 6.09. The molecule has 2 rings (SSSR count). The summed E-state index contributed by atoms with van der Waals surface area (Å²) in [5, 5.41) is 0. The van der Waals surface area contributed by atoms with Crippen LogP contribution in [0.15, 0.2) is 12.1 Å². The van der Waals surface area contributed by atoms with Crippen LogP contribution in [0.25, 0.3) is 0 Å². The lowest BCUT2D eigenvalue weighted by molar-refractivity contribution is 0.123. The van der Waals surface area contributed by atoms with E-state index in [1.54, 1.807) is 12.1 Å². The average molecular weight is 264 g/mol. The van der Waals surface area contributed by atoms with E-state index >= 15 is 0 Å². The Kier molecular flexibility index (Phi) is 4.17. The molecule has 1 saturated carbocycles. The van der Waals surface area contributed by atoms with Crippen molar-refractivity contribution in [2.45, 2.75) is 52.1 Å². The third-order valence-corrected chi connectivity index (χ3v) is 3.27. The topological polar surface area (TPSA) is 57.4 Å². The minimum absolute atomic E-state index is 0.314. The van der Waals surface area contributed by atoms with Crippen LogP contribution in [-0.2, 0) is 0 Å². The number of aromatic nitrogens is 1. The first-order valence-corrected chi connectivity index (χ1v) is 7.02. The zero-order chi connectivity index (χ0) is 13.9. The van der Waals surface area contributed by atoms with Crippen LogP contribution in [0, 0.1) is 5.92 Å². The van der Waals surface area contributed by atoms with E-state index in [4.69, 9.17) is 15.2 Å². The third kappa shape index (κ3) is 4.30. The molecule has 106 valence electrons. The summed E-state index contributed by atoms with van der Waals surface area (Å²) in [6.45, 7) is 6.63. The third-order valence-electron chi connectivity index (χ3n) is 3.27. The molecular weight excluding hydrogens is 240 g/mol. The Balaban J connectivity index is 1.91. The summed E-state index contributed by atoms with van der Waals surface area (Å²) in [6.07, 6.45) is 5.17. The monoisotopic (exact) mass is 264 g/mol. The normalized spacial score (nSPS) is 15.9. The van der Waals surface area contributed by atoms with Gasteiger partial charge in [-0.1, -0.05) is 19.3 Å². The SMILES string of the molecule is CC(C)(C)Oc1nc(OCCC2CCC2)ccc1N. The quantitative estimate of drug-likeness (QED) is 0.885. The van der Waals surface area contributed by atoms with Gasteiger partial charge < -0.3 is 15.2 Å². The van der Waals surface area contributed by atoms with Gasteiger partial charge in [-0.3, -0.25) is 0 Å². The number of nitrogens with zero attached hydrogens (tertiary/aromatic N) is 1. The van der Waals surface area contributed by atoms with Crippen LogP contribution in [0.5, 0.6) is 11.8 Å². The zero-order valence-corrected chi connectivity index (χ0v) is 12.1. The van der Waals surface area contributed by atoms with E-state index in [9.17, 15) is 0 Å². The van der Waals surface area contributed by atoms with Gasteiger partial charge in [0.1, 0.15) is 5.60 Å². The van der Waals surface area contributed by atoms with Gasteiger partial charge in [0.25, 0.3) is 0 Å². The van der Waals surface area contributed by atoms with Gasteiger partial charge in [0, 0.05) is 6.07 Å². The van der Waals surface area contributed by atoms with Crippen LogP contribution < -0.4 is 15.2 Å². The minimum atomic E-state index is -0.314. The molecule has 0 saturated heterocycles. The first-order chi connectivity index (χ1) is 8.94. The molecule has 0 unspecified atom stereocenters. The predicted octanol–water partition coefficient (Wildman–Crippen LogP) is 3.41. The maximum absolute atomic E-state index is 5.86. The van der Waals surface area contributed by atoms with Crippen LogP contribution in [0.1, 0.15) is 46.5 Å². The van der Waals surface area contributed by atoms with Gasteiger partial charge in [-0.25, -0.2) is 0 Å². The van der Waals surface area contributed by atoms with Crippen LogP contribution in [0.2, 0.25) is 0 Å². The van der Waals surface area contributed by atoms with Crippen molar-refractivity contribution in [1.29, 1.82) is 0 Å². The molecule has 1 heterocycles. The standard InChI is InChI=1S/C15H24N2O2/c1-15(2,3)19-14-12(16)7-8-13(17-14)18-10-9-11-5-4-6-11/h7-8,11H,4-6,9-10,16H2,1-3H3. The average Bonchev–Trinajstić information content (AvgIpc) is 2.24. The lowest BCUT2D eigenvalue weighted by Gasteiger charge is -2.25. The molecule has 0 bridgehead atoms. The fraction of sp³-hybridized carbons (Fsp3) is 0.667. The highest BCUT2D eigenvalue weighted by Gasteiger charge is 2.18. The maximum atomic E-state index is 5.86. The summed E-state index contributed by atoms with van der Waals surface area (Å²) >= 11 is 0. The van der Waals surface area contributed by atoms with E-state index in [-0.39, 0.29) is 5.60 Å². The molecular formula is C15H24N2O2. The first-order valence-electron chi connectivity index (χ1n) is 7.02. The number of ether oxygens (including phenoxy) is 2. The van der Waals surface area contributed by atoms with Crippen molar-refractivity contribution in [3.8, 4) is 11.8 Å². The first kappa shape index (κ1) is 14.0. The van der Waals surface area contributed by atoms with E-state index in [2.05, 4.69) is 4.98 Å². The summed E-state index contributed by atoms with van der Waals surface area (Å²) in [4.78, 5) is 4.33. The molecule has 19 heavy (non-hydrogen) atoms. The molecule has 4 nitrogen and oxygen atoms in total. The smallest absolute Gasteiger partial charge is 0.241 e. The van der Waals surface area contributed by atoms with Crippen LogP contribution in [0.4, 0.5) is 5.69 Å². The molecule has 1 aliphatic rings. The fourth-order valence-corrected chi connectivity index (χ4v) is 2.00. The fourth-order valence-electron chi connectivity index (χ4n) is 2.00. The highest BCUT2D eigenvalue weighted by atomic mass is 16.5. The Labute approximate surface area is 115 Å². The Morgan fingerprint density at radius 2 is 2.05 bits per heavy atom. The molecule has 0 radical (unpaired) electrons. The molecule has 1 fully saturated rings. The number of hydrogen-bond acceptors (Lipinski definition) is 4. The Morgan fingerprint density at radius 1 is 1.32 bits per heavy atom. The molecule has 0 aromatic carbocycles. The summed E-state index contributed by atoms with van der Waals surface area (Å²) in [6, 6.07) is 3.58. The van der Waals surface area contributed by atoms with Crippen molar-refractivity contribution in [3.63, 3.8) is 0 Å². The van der Waals surface area contributed by atoms with Gasteiger partial charge in [0.05, 0.1) is 12.3 Å². The van der Waals surface area contributed by atoms with E-state index in [1.807, 2.05) is 20.8 Å². The molecule has 2 N–H and O–H groups in total. The lowest BCUT2D eigenvalue weighted by Crippen LogP contribution is -2.24. The molecule has 1 aliphatic carbocycles. The van der Waals surface area contributed by atoms with Gasteiger partial charge in [0.15, 0.2) is 0 Å². The van der Waals surface area contributed by atoms with Crippen molar-refractivity contribution >= 4 is 5.69 Å². The summed E-state index contributed by atoms with van der Waals surface area (Å²) < 4.78 is 11.4. The lowest BCUT2D eigenvalue weighted by atomic mass is 9.83. The van der Waals surface area contributed by atoms with Crippen molar-refractivity contribution in [3.05, 3.63) is 12.1 Å². The van der Waals surface area contributed by atoms with Crippen LogP contribution in [-0.4, -0.2) is 17.2 Å². The van der Waals surface area contributed by atoms with Crippen molar-refractivity contribution in [1.82, 2.24) is 4.98 Å². The van der Waals surface area contributed by atoms with Gasteiger partial charge in [-0.05, 0) is 39.2 Å². The van der Waals surface area contributed by atoms with E-state index in [0.29, 0.717) is 17.4 Å². The van der Waals surface area contributed by atoms with Gasteiger partial charge >= 0.3 is 0 Å². The Hall–Kier alpha value is -1.45. The van der Waals surface area contributed by atoms with Crippen LogP contribution in [0.3, 0.4) is 0 Å². The molecule has 0 atom stereocenters. The van der Waals surface area contributed by atoms with Crippen molar-refractivity contribution < 1.29 is 9.47 Å². The Bertz CT molecular complexity index is 423. The molecule has 0 amide bonds. The maximum Gasteiger partial charge on any atom is 0.241 e. The van der Waals surface area contributed by atoms with Gasteiger partial charge in [-0.15, -0.1) is 0 Å². The van der Waals surface area contributed by atoms with Gasteiger partial charge in [-0.2, -0.15) is 4.98 Å². The molecule has 1 aromatic rings. The number of nitrogen functional groups attached to an aromatic ring is 1. The summed E-state index contributed by atoms with van der Waals surface area (Å²) in [5.74, 6) is 1.89. The molecule has 1 aromatic heterocycles. The largest absolute Gasteiger partial charge is 0.478 e. The van der Waals surface area contributed by atoms with E-state index in [0.717, 1.165) is 18.9 Å². The minimum Gasteiger partial charge on any atom is -0.478 e. The van der Waals surface area contributed by atoms with Crippen LogP contribution >= 0.6 is 0 Å². The number of hydrogen-bond donors (Lipinski definition) is 1. The van der Waals surface area contributed by atoms with Gasteiger partial charge in [0.2, 0.25) is 11.8 Å². The second kappa shape index (κ2) is 5.68. The highest BCUT2D eigenvalue weighted by molar-refractivity contribution is 5.49. The van der Waals surface area contributed by atoms with E-state index in [1.165, 1.54) is 19.3 Å². The summed E-state index contributed by atoms with van der Waals surface area (Å²) in [7, 11) is 0. The number of pyridine rings is 1. The van der Waals surface area contributed by atoms with Crippen molar-refractivity contribution in [2.75, 3.05) is 12.3 Å². The molecule has 0 aliphatic heterocycles. The predicted molar refractivity (Wildman–Crippen MR) is 76.5 cm³/mol. The highest BCUT2D eigenvalue weighted by Crippen LogP contribution is 2.30. The van der Waals surface area contributed by atoms with E-state index < -0.39 is 0 Å². The molecule has 4 heteroatoms.